The van der Waals surface area contributed by atoms with Gasteiger partial charge in [-0.05, 0) is 37.2 Å². The molecule has 1 aromatic rings. The van der Waals surface area contributed by atoms with E-state index in [2.05, 4.69) is 12.4 Å². The monoisotopic (exact) mass is 277 g/mol. The molecule has 0 spiro atoms. The molecule has 0 heterocycles. The van der Waals surface area contributed by atoms with Crippen molar-refractivity contribution < 1.29 is 14.7 Å². The van der Waals surface area contributed by atoms with Crippen molar-refractivity contribution in [2.45, 2.75) is 39.2 Å². The average molecular weight is 277 g/mol. The Morgan fingerprint density at radius 3 is 2.60 bits per heavy atom. The Hall–Kier alpha value is -1.39. The van der Waals surface area contributed by atoms with E-state index in [-0.39, 0.29) is 0 Å². The Bertz CT molecular complexity index is 425. The zero-order valence-corrected chi connectivity index (χ0v) is 12.0. The molecule has 1 aliphatic carbocycles. The summed E-state index contributed by atoms with van der Waals surface area (Å²) in [6.07, 6.45) is 3.41. The number of benzene rings is 1. The van der Waals surface area contributed by atoms with E-state index in [0.717, 1.165) is 31.2 Å². The minimum atomic E-state index is -0.708. The first-order chi connectivity index (χ1) is 9.62. The van der Waals surface area contributed by atoms with Crippen LogP contribution in [0.5, 0.6) is 0 Å². The van der Waals surface area contributed by atoms with Gasteiger partial charge < -0.3 is 5.11 Å². The number of hydroxylamine groups is 1. The van der Waals surface area contributed by atoms with Crippen LogP contribution in [-0.2, 0) is 16.2 Å². The summed E-state index contributed by atoms with van der Waals surface area (Å²) in [4.78, 5) is 17.0. The SMILES string of the molecule is CC1CCC(CNOCc2ccccc2)(C(=O)O)CC1. The van der Waals surface area contributed by atoms with Gasteiger partial charge in [0.05, 0.1) is 12.0 Å². The van der Waals surface area contributed by atoms with Crippen LogP contribution in [0, 0.1) is 11.3 Å². The van der Waals surface area contributed by atoms with Crippen molar-refractivity contribution in [1.29, 1.82) is 0 Å². The lowest BCUT2D eigenvalue weighted by Crippen LogP contribution is -2.43. The first kappa shape index (κ1) is 15.0. The molecule has 0 bridgehead atoms. The molecule has 0 amide bonds. The third-order valence-corrected chi connectivity index (χ3v) is 4.28. The highest BCUT2D eigenvalue weighted by Gasteiger charge is 2.41. The van der Waals surface area contributed by atoms with Gasteiger partial charge in [0, 0.05) is 6.54 Å². The van der Waals surface area contributed by atoms with Gasteiger partial charge in [-0.25, -0.2) is 5.48 Å². The number of aliphatic carboxylic acids is 1. The van der Waals surface area contributed by atoms with Gasteiger partial charge in [-0.1, -0.05) is 37.3 Å². The number of carboxylic acid groups (broad SMARTS) is 1. The van der Waals surface area contributed by atoms with E-state index >= 15 is 0 Å². The summed E-state index contributed by atoms with van der Waals surface area (Å²) in [5.74, 6) is -0.0760. The zero-order valence-electron chi connectivity index (χ0n) is 12.0. The summed E-state index contributed by atoms with van der Waals surface area (Å²) in [6.45, 7) is 3.01. The van der Waals surface area contributed by atoms with Crippen LogP contribution in [0.4, 0.5) is 0 Å². The van der Waals surface area contributed by atoms with Gasteiger partial charge in [-0.2, -0.15) is 0 Å². The second-order valence-electron chi connectivity index (χ2n) is 5.86. The van der Waals surface area contributed by atoms with Gasteiger partial charge in [0.25, 0.3) is 0 Å². The van der Waals surface area contributed by atoms with Crippen LogP contribution >= 0.6 is 0 Å². The van der Waals surface area contributed by atoms with Gasteiger partial charge in [0.1, 0.15) is 0 Å². The molecule has 20 heavy (non-hydrogen) atoms. The van der Waals surface area contributed by atoms with E-state index < -0.39 is 11.4 Å². The Labute approximate surface area is 120 Å². The third-order valence-electron chi connectivity index (χ3n) is 4.28. The van der Waals surface area contributed by atoms with Crippen molar-refractivity contribution in [1.82, 2.24) is 5.48 Å². The molecule has 1 aromatic carbocycles. The summed E-state index contributed by atoms with van der Waals surface area (Å²) in [7, 11) is 0. The van der Waals surface area contributed by atoms with Gasteiger partial charge in [0.15, 0.2) is 0 Å². The second-order valence-corrected chi connectivity index (χ2v) is 5.86. The van der Waals surface area contributed by atoms with Gasteiger partial charge in [-0.15, -0.1) is 0 Å². The molecule has 0 saturated heterocycles. The first-order valence-corrected chi connectivity index (χ1v) is 7.24. The van der Waals surface area contributed by atoms with Crippen LogP contribution in [-0.4, -0.2) is 17.6 Å². The number of hydrogen-bond donors (Lipinski definition) is 2. The fourth-order valence-electron chi connectivity index (χ4n) is 2.68. The number of hydrogen-bond acceptors (Lipinski definition) is 3. The molecule has 1 saturated carbocycles. The number of rotatable bonds is 6. The Kier molecular flexibility index (Phi) is 5.15. The van der Waals surface area contributed by atoms with Crippen LogP contribution < -0.4 is 5.48 Å². The average Bonchev–Trinajstić information content (AvgIpc) is 2.47. The maximum Gasteiger partial charge on any atom is 0.311 e. The van der Waals surface area contributed by atoms with Crippen molar-refractivity contribution in [2.24, 2.45) is 11.3 Å². The Balaban J connectivity index is 1.80. The van der Waals surface area contributed by atoms with Crippen molar-refractivity contribution in [3.05, 3.63) is 35.9 Å². The molecule has 4 nitrogen and oxygen atoms in total. The van der Waals surface area contributed by atoms with E-state index in [1.807, 2.05) is 30.3 Å². The molecular formula is C16H23NO3. The lowest BCUT2D eigenvalue weighted by molar-refractivity contribution is -0.153. The highest BCUT2D eigenvalue weighted by molar-refractivity contribution is 5.75. The van der Waals surface area contributed by atoms with E-state index in [9.17, 15) is 9.90 Å². The van der Waals surface area contributed by atoms with E-state index in [4.69, 9.17) is 4.84 Å². The summed E-state index contributed by atoms with van der Waals surface area (Å²) >= 11 is 0. The standard InChI is InChI=1S/C16H23NO3/c1-13-7-9-16(10-8-13,15(18)19)12-17-20-11-14-5-3-2-4-6-14/h2-6,13,17H,7-12H2,1H3,(H,18,19). The van der Waals surface area contributed by atoms with Crippen LogP contribution in [0.25, 0.3) is 0 Å². The Morgan fingerprint density at radius 2 is 2.00 bits per heavy atom. The Morgan fingerprint density at radius 1 is 1.35 bits per heavy atom. The molecule has 1 fully saturated rings. The minimum absolute atomic E-state index is 0.377. The smallest absolute Gasteiger partial charge is 0.311 e. The van der Waals surface area contributed by atoms with Gasteiger partial charge in [-0.3, -0.25) is 9.63 Å². The van der Waals surface area contributed by atoms with Crippen molar-refractivity contribution in [3.63, 3.8) is 0 Å². The first-order valence-electron chi connectivity index (χ1n) is 7.24. The predicted octanol–water partition coefficient (Wildman–Crippen LogP) is 2.99. The zero-order chi connectivity index (χ0) is 14.4. The number of carbonyl (C=O) groups is 1. The molecule has 0 atom stereocenters. The highest BCUT2D eigenvalue weighted by Crippen LogP contribution is 2.38. The van der Waals surface area contributed by atoms with Crippen molar-refractivity contribution in [2.75, 3.05) is 6.54 Å². The lowest BCUT2D eigenvalue weighted by atomic mass is 9.71. The maximum atomic E-state index is 11.6. The molecular weight excluding hydrogens is 254 g/mol. The molecule has 0 unspecified atom stereocenters. The van der Waals surface area contributed by atoms with E-state index in [1.54, 1.807) is 0 Å². The van der Waals surface area contributed by atoms with Crippen molar-refractivity contribution in [3.8, 4) is 0 Å². The summed E-state index contributed by atoms with van der Waals surface area (Å²) in [5, 5.41) is 9.50. The summed E-state index contributed by atoms with van der Waals surface area (Å²) in [6, 6.07) is 9.84. The minimum Gasteiger partial charge on any atom is -0.481 e. The fourth-order valence-corrected chi connectivity index (χ4v) is 2.68. The second kappa shape index (κ2) is 6.86. The number of nitrogens with one attached hydrogen (secondary N) is 1. The maximum absolute atomic E-state index is 11.6. The quantitative estimate of drug-likeness (QED) is 0.620. The van der Waals surface area contributed by atoms with Gasteiger partial charge in [0.2, 0.25) is 0 Å². The van der Waals surface area contributed by atoms with Crippen LogP contribution in [0.1, 0.15) is 38.2 Å². The lowest BCUT2D eigenvalue weighted by Gasteiger charge is -2.35. The molecule has 4 heteroatoms. The largest absolute Gasteiger partial charge is 0.481 e. The molecule has 0 aromatic heterocycles. The van der Waals surface area contributed by atoms with Crippen LogP contribution in [0.2, 0.25) is 0 Å². The summed E-state index contributed by atoms with van der Waals surface area (Å²) < 4.78 is 0. The van der Waals surface area contributed by atoms with E-state index in [1.165, 1.54) is 0 Å². The highest BCUT2D eigenvalue weighted by atomic mass is 16.6. The topological polar surface area (TPSA) is 58.6 Å². The molecule has 0 radical (unpaired) electrons. The number of carboxylic acids is 1. The molecule has 1 aliphatic rings. The van der Waals surface area contributed by atoms with Gasteiger partial charge >= 0.3 is 5.97 Å². The van der Waals surface area contributed by atoms with Crippen LogP contribution in [0.3, 0.4) is 0 Å². The van der Waals surface area contributed by atoms with Crippen molar-refractivity contribution >= 4 is 5.97 Å². The predicted molar refractivity (Wildman–Crippen MR) is 76.9 cm³/mol. The molecule has 0 aliphatic heterocycles. The molecule has 110 valence electrons. The molecule has 2 rings (SSSR count). The molecule has 2 N–H and O–H groups in total. The van der Waals surface area contributed by atoms with Crippen LogP contribution in [0.15, 0.2) is 30.3 Å². The summed E-state index contributed by atoms with van der Waals surface area (Å²) in [5.41, 5.74) is 3.27. The normalized spacial score (nSPS) is 26.4. The fraction of sp³-hybridized carbons (Fsp3) is 0.562. The third kappa shape index (κ3) is 3.81. The van der Waals surface area contributed by atoms with E-state index in [0.29, 0.717) is 19.1 Å².